The van der Waals surface area contributed by atoms with Gasteiger partial charge in [-0.2, -0.15) is 0 Å². The summed E-state index contributed by atoms with van der Waals surface area (Å²) >= 11 is 1.33. The number of carboxylic acids is 1. The molecule has 0 aliphatic heterocycles. The van der Waals surface area contributed by atoms with Gasteiger partial charge in [-0.1, -0.05) is 6.08 Å². The van der Waals surface area contributed by atoms with Gasteiger partial charge < -0.3 is 15.2 Å². The van der Waals surface area contributed by atoms with E-state index < -0.39 is 12.0 Å². The van der Waals surface area contributed by atoms with Crippen molar-refractivity contribution in [3.8, 4) is 5.75 Å². The van der Waals surface area contributed by atoms with Gasteiger partial charge in [0.2, 0.25) is 5.91 Å². The molecule has 0 aliphatic carbocycles. The molecule has 0 bridgehead atoms. The summed E-state index contributed by atoms with van der Waals surface area (Å²) in [6.45, 7) is 3.47. The predicted molar refractivity (Wildman–Crippen MR) is 78.1 cm³/mol. The van der Waals surface area contributed by atoms with Crippen LogP contribution in [-0.4, -0.2) is 35.9 Å². The van der Waals surface area contributed by atoms with Crippen LogP contribution in [0.2, 0.25) is 0 Å². The van der Waals surface area contributed by atoms with Crippen molar-refractivity contribution in [2.45, 2.75) is 17.4 Å². The van der Waals surface area contributed by atoms with Gasteiger partial charge in [0.15, 0.2) is 0 Å². The monoisotopic (exact) mass is 295 g/mol. The second kappa shape index (κ2) is 8.27. The number of rotatable bonds is 8. The molecule has 0 aliphatic rings. The van der Waals surface area contributed by atoms with Crippen molar-refractivity contribution in [2.75, 3.05) is 12.9 Å². The first-order valence-corrected chi connectivity index (χ1v) is 6.95. The smallest absolute Gasteiger partial charge is 0.326 e. The Bertz CT molecular complexity index is 473. The number of carbonyl (C=O) groups excluding carboxylic acids is 1. The van der Waals surface area contributed by atoms with E-state index in [2.05, 4.69) is 11.9 Å². The summed E-state index contributed by atoms with van der Waals surface area (Å²) in [6.07, 6.45) is 1.67. The molecule has 1 aromatic carbocycles. The van der Waals surface area contributed by atoms with Crippen LogP contribution in [0.3, 0.4) is 0 Å². The molecule has 0 spiro atoms. The van der Waals surface area contributed by atoms with Crippen LogP contribution in [0.1, 0.15) is 6.42 Å². The van der Waals surface area contributed by atoms with E-state index in [4.69, 9.17) is 9.84 Å². The molecule has 1 aromatic rings. The zero-order valence-electron chi connectivity index (χ0n) is 11.2. The lowest BCUT2D eigenvalue weighted by atomic mass is 10.2. The fraction of sp³-hybridized carbons (Fsp3) is 0.286. The van der Waals surface area contributed by atoms with E-state index in [-0.39, 0.29) is 18.1 Å². The van der Waals surface area contributed by atoms with Gasteiger partial charge in [0.25, 0.3) is 0 Å². The van der Waals surface area contributed by atoms with E-state index >= 15 is 0 Å². The zero-order chi connectivity index (χ0) is 15.0. The van der Waals surface area contributed by atoms with Crippen molar-refractivity contribution in [1.29, 1.82) is 0 Å². The lowest BCUT2D eigenvalue weighted by Crippen LogP contribution is -2.41. The molecular weight excluding hydrogens is 278 g/mol. The quantitative estimate of drug-likeness (QED) is 0.566. The second-order valence-corrected chi connectivity index (χ2v) is 5.00. The molecule has 0 aromatic heterocycles. The molecule has 0 radical (unpaired) electrons. The Morgan fingerprint density at radius 3 is 2.60 bits per heavy atom. The molecule has 20 heavy (non-hydrogen) atoms. The molecule has 0 fully saturated rings. The Hall–Kier alpha value is -1.95. The Kier molecular flexibility index (Phi) is 6.66. The number of ether oxygens (including phenoxy) is 1. The average molecular weight is 295 g/mol. The van der Waals surface area contributed by atoms with Gasteiger partial charge in [0, 0.05) is 4.90 Å². The molecular formula is C14H17NO4S. The standard InChI is InChI=1S/C14H17NO4S/c1-3-4-12(14(17)18)15-13(16)9-20-11-7-5-10(19-2)6-8-11/h3,5-8,12H,1,4,9H2,2H3,(H,15,16)(H,17,18). The van der Waals surface area contributed by atoms with Crippen LogP contribution < -0.4 is 10.1 Å². The predicted octanol–water partition coefficient (Wildman–Crippen LogP) is 1.93. The molecule has 1 unspecified atom stereocenters. The summed E-state index contributed by atoms with van der Waals surface area (Å²) in [5.74, 6) is -0.476. The van der Waals surface area contributed by atoms with Crippen LogP contribution in [0.15, 0.2) is 41.8 Å². The van der Waals surface area contributed by atoms with Crippen LogP contribution in [0, 0.1) is 0 Å². The van der Waals surface area contributed by atoms with E-state index in [9.17, 15) is 9.59 Å². The summed E-state index contributed by atoms with van der Waals surface area (Å²) in [6, 6.07) is 6.37. The first kappa shape index (κ1) is 16.1. The molecule has 0 saturated heterocycles. The average Bonchev–Trinajstić information content (AvgIpc) is 2.45. The number of methoxy groups -OCH3 is 1. The molecule has 1 atom stereocenters. The Balaban J connectivity index is 2.45. The highest BCUT2D eigenvalue weighted by Crippen LogP contribution is 2.20. The first-order chi connectivity index (χ1) is 9.56. The molecule has 0 saturated carbocycles. The van der Waals surface area contributed by atoms with E-state index in [1.165, 1.54) is 17.8 Å². The van der Waals surface area contributed by atoms with Crippen molar-refractivity contribution in [3.05, 3.63) is 36.9 Å². The van der Waals surface area contributed by atoms with Crippen molar-refractivity contribution < 1.29 is 19.4 Å². The number of carboxylic acid groups (broad SMARTS) is 1. The molecule has 1 rings (SSSR count). The van der Waals surface area contributed by atoms with Crippen LogP contribution in [0.25, 0.3) is 0 Å². The fourth-order valence-corrected chi connectivity index (χ4v) is 2.15. The number of amides is 1. The lowest BCUT2D eigenvalue weighted by molar-refractivity contribution is -0.141. The van der Waals surface area contributed by atoms with E-state index in [1.54, 1.807) is 19.2 Å². The highest BCUT2D eigenvalue weighted by atomic mass is 32.2. The third-order valence-electron chi connectivity index (χ3n) is 2.47. The lowest BCUT2D eigenvalue weighted by Gasteiger charge is -2.12. The van der Waals surface area contributed by atoms with Gasteiger partial charge in [0.1, 0.15) is 11.8 Å². The number of thioether (sulfide) groups is 1. The fourth-order valence-electron chi connectivity index (χ4n) is 1.44. The largest absolute Gasteiger partial charge is 0.497 e. The van der Waals surface area contributed by atoms with Gasteiger partial charge in [0.05, 0.1) is 12.9 Å². The van der Waals surface area contributed by atoms with E-state index in [1.807, 2.05) is 12.1 Å². The maximum atomic E-state index is 11.7. The summed E-state index contributed by atoms with van der Waals surface area (Å²) in [7, 11) is 1.58. The van der Waals surface area contributed by atoms with Crippen LogP contribution in [-0.2, 0) is 9.59 Å². The number of nitrogens with one attached hydrogen (secondary N) is 1. The molecule has 5 nitrogen and oxygen atoms in total. The van der Waals surface area contributed by atoms with Crippen LogP contribution >= 0.6 is 11.8 Å². The van der Waals surface area contributed by atoms with Gasteiger partial charge >= 0.3 is 5.97 Å². The summed E-state index contributed by atoms with van der Waals surface area (Å²) in [4.78, 5) is 23.5. The third-order valence-corrected chi connectivity index (χ3v) is 3.48. The topological polar surface area (TPSA) is 75.6 Å². The molecule has 6 heteroatoms. The van der Waals surface area contributed by atoms with Gasteiger partial charge in [-0.05, 0) is 30.7 Å². The van der Waals surface area contributed by atoms with Gasteiger partial charge in [-0.3, -0.25) is 4.79 Å². The third kappa shape index (κ3) is 5.36. The van der Waals surface area contributed by atoms with Crippen molar-refractivity contribution in [3.63, 3.8) is 0 Å². The second-order valence-electron chi connectivity index (χ2n) is 3.95. The Morgan fingerprint density at radius 1 is 1.45 bits per heavy atom. The summed E-state index contributed by atoms with van der Waals surface area (Å²) in [5.41, 5.74) is 0. The molecule has 2 N–H and O–H groups in total. The zero-order valence-corrected chi connectivity index (χ0v) is 12.0. The SMILES string of the molecule is C=CCC(NC(=O)CSc1ccc(OC)cc1)C(=O)O. The maximum absolute atomic E-state index is 11.7. The van der Waals surface area contributed by atoms with Crippen LogP contribution in [0.5, 0.6) is 5.75 Å². The summed E-state index contributed by atoms with van der Waals surface area (Å²) in [5, 5.41) is 11.4. The first-order valence-electron chi connectivity index (χ1n) is 5.96. The summed E-state index contributed by atoms with van der Waals surface area (Å²) < 4.78 is 5.04. The van der Waals surface area contributed by atoms with E-state index in [0.29, 0.717) is 0 Å². The number of hydrogen-bond donors (Lipinski definition) is 2. The highest BCUT2D eigenvalue weighted by molar-refractivity contribution is 8.00. The number of aliphatic carboxylic acids is 1. The highest BCUT2D eigenvalue weighted by Gasteiger charge is 2.17. The molecule has 1 amide bonds. The minimum atomic E-state index is -1.06. The normalized spacial score (nSPS) is 11.4. The number of hydrogen-bond acceptors (Lipinski definition) is 4. The van der Waals surface area contributed by atoms with Crippen LogP contribution in [0.4, 0.5) is 0 Å². The number of carbonyl (C=O) groups is 2. The Labute approximate surface area is 122 Å². The maximum Gasteiger partial charge on any atom is 0.326 e. The van der Waals surface area contributed by atoms with Gasteiger partial charge in [-0.15, -0.1) is 18.3 Å². The Morgan fingerprint density at radius 2 is 2.10 bits per heavy atom. The molecule has 108 valence electrons. The minimum absolute atomic E-state index is 0.160. The van der Waals surface area contributed by atoms with E-state index in [0.717, 1.165) is 10.6 Å². The van der Waals surface area contributed by atoms with Gasteiger partial charge in [-0.25, -0.2) is 4.79 Å². The molecule has 0 heterocycles. The minimum Gasteiger partial charge on any atom is -0.497 e. The van der Waals surface area contributed by atoms with Crippen molar-refractivity contribution in [2.24, 2.45) is 0 Å². The number of benzene rings is 1. The van der Waals surface area contributed by atoms with Crippen molar-refractivity contribution >= 4 is 23.6 Å². The van der Waals surface area contributed by atoms with Crippen molar-refractivity contribution in [1.82, 2.24) is 5.32 Å².